The Morgan fingerprint density at radius 2 is 1.67 bits per heavy atom. The summed E-state index contributed by atoms with van der Waals surface area (Å²) >= 11 is 0. The molecule has 2 rings (SSSR count). The number of hydrogen-bond acceptors (Lipinski definition) is 3. The third kappa shape index (κ3) is 5.01. The van der Waals surface area contributed by atoms with Crippen molar-refractivity contribution >= 4 is 7.82 Å². The minimum Gasteiger partial charge on any atom is -0.404 e. The van der Waals surface area contributed by atoms with Gasteiger partial charge in [0.05, 0.1) is 6.61 Å². The minimum atomic E-state index is -4.12. The second-order valence-corrected chi connectivity index (χ2v) is 6.42. The fourth-order valence-corrected chi connectivity index (χ4v) is 2.56. The van der Waals surface area contributed by atoms with Gasteiger partial charge in [-0.1, -0.05) is 56.3 Å². The third-order valence-electron chi connectivity index (χ3n) is 3.00. The predicted molar refractivity (Wildman–Crippen MR) is 82.2 cm³/mol. The molecule has 2 aromatic carbocycles. The van der Waals surface area contributed by atoms with Crippen LogP contribution in [0.25, 0.3) is 0 Å². The first kappa shape index (κ1) is 15.8. The fraction of sp³-hybridized carbons (Fsp3) is 0.250. The van der Waals surface area contributed by atoms with Crippen LogP contribution in [0.1, 0.15) is 30.9 Å². The molecule has 0 saturated heterocycles. The quantitative estimate of drug-likeness (QED) is 0.798. The van der Waals surface area contributed by atoms with Crippen molar-refractivity contribution in [3.8, 4) is 5.75 Å². The van der Waals surface area contributed by atoms with Gasteiger partial charge in [-0.25, -0.2) is 4.57 Å². The molecule has 0 radical (unpaired) electrons. The van der Waals surface area contributed by atoms with Crippen LogP contribution in [-0.2, 0) is 15.7 Å². The molecule has 4 nitrogen and oxygen atoms in total. The molecule has 1 atom stereocenters. The second-order valence-electron chi connectivity index (χ2n) is 5.04. The summed E-state index contributed by atoms with van der Waals surface area (Å²) in [7, 11) is -4.12. The maximum absolute atomic E-state index is 11.9. The Kier molecular flexibility index (Phi) is 5.18. The van der Waals surface area contributed by atoms with Gasteiger partial charge in [0, 0.05) is 0 Å². The van der Waals surface area contributed by atoms with Crippen molar-refractivity contribution in [2.75, 3.05) is 0 Å². The summed E-state index contributed by atoms with van der Waals surface area (Å²) in [6.45, 7) is 4.18. The van der Waals surface area contributed by atoms with E-state index in [2.05, 4.69) is 13.8 Å². The summed E-state index contributed by atoms with van der Waals surface area (Å²) in [6, 6.07) is 16.3. The van der Waals surface area contributed by atoms with Gasteiger partial charge in [0.2, 0.25) is 0 Å². The lowest BCUT2D eigenvalue weighted by Gasteiger charge is -2.14. The molecule has 0 bridgehead atoms. The average Bonchev–Trinajstić information content (AvgIpc) is 2.46. The average molecular weight is 306 g/mol. The van der Waals surface area contributed by atoms with Crippen molar-refractivity contribution in [2.45, 2.75) is 26.4 Å². The van der Waals surface area contributed by atoms with E-state index < -0.39 is 7.82 Å². The van der Waals surface area contributed by atoms with Gasteiger partial charge in [-0.2, -0.15) is 0 Å². The van der Waals surface area contributed by atoms with Crippen molar-refractivity contribution in [2.24, 2.45) is 0 Å². The van der Waals surface area contributed by atoms with Gasteiger partial charge in [0.15, 0.2) is 0 Å². The summed E-state index contributed by atoms with van der Waals surface area (Å²) < 4.78 is 21.9. The Bertz CT molecular complexity index is 608. The van der Waals surface area contributed by atoms with Crippen LogP contribution >= 0.6 is 7.82 Å². The SMILES string of the molecule is CC(C)c1ccc(OP(=O)(O)OCc2ccccc2)cc1. The van der Waals surface area contributed by atoms with E-state index in [9.17, 15) is 9.46 Å². The van der Waals surface area contributed by atoms with E-state index in [0.29, 0.717) is 11.7 Å². The highest BCUT2D eigenvalue weighted by Gasteiger charge is 2.23. The normalized spacial score (nSPS) is 13.9. The number of benzene rings is 2. The molecule has 21 heavy (non-hydrogen) atoms. The number of rotatable bonds is 6. The second kappa shape index (κ2) is 6.90. The molecule has 0 aliphatic heterocycles. The Labute approximate surface area is 125 Å². The van der Waals surface area contributed by atoms with E-state index in [1.54, 1.807) is 12.1 Å². The van der Waals surface area contributed by atoms with Crippen LogP contribution in [0.15, 0.2) is 54.6 Å². The molecular formula is C16H19O4P. The maximum Gasteiger partial charge on any atom is 0.527 e. The molecule has 1 N–H and O–H groups in total. The van der Waals surface area contributed by atoms with E-state index in [4.69, 9.17) is 9.05 Å². The molecule has 5 heteroatoms. The largest absolute Gasteiger partial charge is 0.527 e. The van der Waals surface area contributed by atoms with Gasteiger partial charge in [-0.3, -0.25) is 9.42 Å². The first-order valence-corrected chi connectivity index (χ1v) is 8.26. The highest BCUT2D eigenvalue weighted by molar-refractivity contribution is 7.47. The van der Waals surface area contributed by atoms with Crippen molar-refractivity contribution in [1.82, 2.24) is 0 Å². The van der Waals surface area contributed by atoms with Crippen molar-refractivity contribution in [1.29, 1.82) is 0 Å². The van der Waals surface area contributed by atoms with Crippen LogP contribution in [0.5, 0.6) is 5.75 Å². The molecule has 0 heterocycles. The highest BCUT2D eigenvalue weighted by Crippen LogP contribution is 2.44. The van der Waals surface area contributed by atoms with Gasteiger partial charge in [0.1, 0.15) is 5.75 Å². The minimum absolute atomic E-state index is 0.0265. The molecule has 0 spiro atoms. The van der Waals surface area contributed by atoms with Crippen LogP contribution < -0.4 is 4.52 Å². The summed E-state index contributed by atoms with van der Waals surface area (Å²) in [5.74, 6) is 0.715. The first-order chi connectivity index (χ1) is 9.96. The molecule has 2 aromatic rings. The molecule has 1 unspecified atom stereocenters. The molecule has 0 fully saturated rings. The maximum atomic E-state index is 11.9. The Morgan fingerprint density at radius 3 is 2.24 bits per heavy atom. The van der Waals surface area contributed by atoms with Gasteiger partial charge in [-0.05, 0) is 29.2 Å². The lowest BCUT2D eigenvalue weighted by Crippen LogP contribution is -1.98. The Morgan fingerprint density at radius 1 is 1.05 bits per heavy atom. The van der Waals surface area contributed by atoms with Crippen molar-refractivity contribution < 1.29 is 18.5 Å². The molecule has 0 saturated carbocycles. The zero-order valence-corrected chi connectivity index (χ0v) is 13.0. The smallest absolute Gasteiger partial charge is 0.404 e. The zero-order valence-electron chi connectivity index (χ0n) is 12.1. The molecule has 0 aliphatic carbocycles. The predicted octanol–water partition coefficient (Wildman–Crippen LogP) is 4.51. The lowest BCUT2D eigenvalue weighted by atomic mass is 10.0. The van der Waals surface area contributed by atoms with E-state index in [1.165, 1.54) is 0 Å². The third-order valence-corrected chi connectivity index (χ3v) is 3.90. The summed E-state index contributed by atoms with van der Waals surface area (Å²) in [5.41, 5.74) is 1.95. The fourth-order valence-electron chi connectivity index (χ4n) is 1.80. The van der Waals surface area contributed by atoms with Gasteiger partial charge in [-0.15, -0.1) is 0 Å². The topological polar surface area (TPSA) is 55.8 Å². The van der Waals surface area contributed by atoms with E-state index in [1.807, 2.05) is 42.5 Å². The Balaban J connectivity index is 1.95. The molecule has 0 aliphatic rings. The highest BCUT2D eigenvalue weighted by atomic mass is 31.2. The van der Waals surface area contributed by atoms with Crippen LogP contribution in [0.2, 0.25) is 0 Å². The van der Waals surface area contributed by atoms with E-state index in [-0.39, 0.29) is 6.61 Å². The number of phosphoric acid groups is 1. The monoisotopic (exact) mass is 306 g/mol. The number of hydrogen-bond donors (Lipinski definition) is 1. The van der Waals surface area contributed by atoms with Crippen LogP contribution in [0, 0.1) is 0 Å². The van der Waals surface area contributed by atoms with Gasteiger partial charge < -0.3 is 4.52 Å². The molecule has 0 amide bonds. The summed E-state index contributed by atoms with van der Waals surface area (Å²) in [6.07, 6.45) is 0. The lowest BCUT2D eigenvalue weighted by molar-refractivity contribution is 0.195. The summed E-state index contributed by atoms with van der Waals surface area (Å²) in [4.78, 5) is 9.72. The molecule has 112 valence electrons. The van der Waals surface area contributed by atoms with Gasteiger partial charge in [0.25, 0.3) is 0 Å². The molecular weight excluding hydrogens is 287 g/mol. The van der Waals surface area contributed by atoms with E-state index in [0.717, 1.165) is 11.1 Å². The number of phosphoric ester groups is 1. The standard InChI is InChI=1S/C16H19O4P/c1-13(2)15-8-10-16(11-9-15)20-21(17,18)19-12-14-6-4-3-5-7-14/h3-11,13H,12H2,1-2H3,(H,17,18). The summed E-state index contributed by atoms with van der Waals surface area (Å²) in [5, 5.41) is 0. The van der Waals surface area contributed by atoms with Crippen LogP contribution in [0.3, 0.4) is 0 Å². The van der Waals surface area contributed by atoms with Crippen LogP contribution in [-0.4, -0.2) is 4.89 Å². The van der Waals surface area contributed by atoms with Crippen molar-refractivity contribution in [3.63, 3.8) is 0 Å². The van der Waals surface area contributed by atoms with E-state index >= 15 is 0 Å². The van der Waals surface area contributed by atoms with Gasteiger partial charge >= 0.3 is 7.82 Å². The van der Waals surface area contributed by atoms with Crippen LogP contribution in [0.4, 0.5) is 0 Å². The Hall–Kier alpha value is -1.61. The molecule has 0 aromatic heterocycles. The van der Waals surface area contributed by atoms with Crippen molar-refractivity contribution in [3.05, 3.63) is 65.7 Å². The zero-order chi connectivity index (χ0) is 15.3. The first-order valence-electron chi connectivity index (χ1n) is 6.77.